The maximum atomic E-state index is 12.9. The molecule has 0 bridgehead atoms. The van der Waals surface area contributed by atoms with Crippen LogP contribution in [0.4, 0.5) is 5.69 Å². The van der Waals surface area contributed by atoms with E-state index in [0.717, 1.165) is 37.1 Å². The molecule has 150 valence electrons. The maximum Gasteiger partial charge on any atom is 0.255 e. The smallest absolute Gasteiger partial charge is 0.255 e. The van der Waals surface area contributed by atoms with E-state index >= 15 is 0 Å². The summed E-state index contributed by atoms with van der Waals surface area (Å²) in [7, 11) is 1.66. The molecule has 3 N–H and O–H groups in total. The SMILES string of the molecule is COc1ccc(C2(CNC(=O)c3c(NC(C)=O)c[nH]c3C)CCCCC2)cc1. The first kappa shape index (κ1) is 20.0. The lowest BCUT2D eigenvalue weighted by atomic mass is 9.69. The number of rotatable bonds is 6. The Labute approximate surface area is 166 Å². The molecule has 0 aliphatic heterocycles. The Balaban J connectivity index is 1.80. The van der Waals surface area contributed by atoms with E-state index in [-0.39, 0.29) is 17.2 Å². The number of nitrogens with one attached hydrogen (secondary N) is 3. The van der Waals surface area contributed by atoms with Crippen molar-refractivity contribution in [3.8, 4) is 5.75 Å². The van der Waals surface area contributed by atoms with Crippen molar-refractivity contribution in [3.63, 3.8) is 0 Å². The fraction of sp³-hybridized carbons (Fsp3) is 0.455. The highest BCUT2D eigenvalue weighted by atomic mass is 16.5. The molecule has 1 aromatic heterocycles. The zero-order valence-corrected chi connectivity index (χ0v) is 16.9. The Hall–Kier alpha value is -2.76. The van der Waals surface area contributed by atoms with Crippen molar-refractivity contribution in [2.24, 2.45) is 0 Å². The van der Waals surface area contributed by atoms with Gasteiger partial charge in [-0.05, 0) is 37.5 Å². The van der Waals surface area contributed by atoms with Crippen molar-refractivity contribution in [1.82, 2.24) is 10.3 Å². The van der Waals surface area contributed by atoms with Crippen LogP contribution < -0.4 is 15.4 Å². The van der Waals surface area contributed by atoms with E-state index in [4.69, 9.17) is 4.74 Å². The second-order valence-corrected chi connectivity index (χ2v) is 7.64. The summed E-state index contributed by atoms with van der Waals surface area (Å²) in [6.45, 7) is 3.84. The molecule has 1 heterocycles. The Kier molecular flexibility index (Phi) is 6.07. The standard InChI is InChI=1S/C22H29N3O3/c1-15-20(19(13-23-15)25-16(2)26)21(27)24-14-22(11-5-4-6-12-22)17-7-9-18(28-3)10-8-17/h7-10,13,23H,4-6,11-12,14H2,1-3H3,(H,24,27)(H,25,26). The Bertz CT molecular complexity index is 833. The third-order valence-corrected chi connectivity index (χ3v) is 5.72. The number of ether oxygens (including phenoxy) is 1. The molecule has 1 saturated carbocycles. The maximum absolute atomic E-state index is 12.9. The van der Waals surface area contributed by atoms with Crippen molar-refractivity contribution in [1.29, 1.82) is 0 Å². The van der Waals surface area contributed by atoms with Crippen molar-refractivity contribution in [2.75, 3.05) is 19.0 Å². The first-order valence-corrected chi connectivity index (χ1v) is 9.83. The Morgan fingerprint density at radius 2 is 1.82 bits per heavy atom. The van der Waals surface area contributed by atoms with Gasteiger partial charge < -0.3 is 20.4 Å². The molecule has 6 heteroatoms. The molecule has 0 saturated heterocycles. The number of amides is 2. The van der Waals surface area contributed by atoms with Crippen molar-refractivity contribution in [2.45, 2.75) is 51.4 Å². The molecule has 0 spiro atoms. The Morgan fingerprint density at radius 1 is 1.14 bits per heavy atom. The minimum absolute atomic E-state index is 0.0709. The fourth-order valence-corrected chi connectivity index (χ4v) is 4.19. The minimum Gasteiger partial charge on any atom is -0.497 e. The summed E-state index contributed by atoms with van der Waals surface area (Å²) < 4.78 is 5.29. The van der Waals surface area contributed by atoms with E-state index in [0.29, 0.717) is 17.8 Å². The molecule has 2 aromatic rings. The van der Waals surface area contributed by atoms with E-state index in [9.17, 15) is 9.59 Å². The highest BCUT2D eigenvalue weighted by molar-refractivity contribution is 6.04. The number of aromatic nitrogens is 1. The quantitative estimate of drug-likeness (QED) is 0.707. The van der Waals surface area contributed by atoms with Crippen LogP contribution in [0.2, 0.25) is 0 Å². The largest absolute Gasteiger partial charge is 0.497 e. The third-order valence-electron chi connectivity index (χ3n) is 5.72. The summed E-state index contributed by atoms with van der Waals surface area (Å²) >= 11 is 0. The number of aryl methyl sites for hydroxylation is 1. The monoisotopic (exact) mass is 383 g/mol. The molecule has 0 radical (unpaired) electrons. The molecule has 1 fully saturated rings. The van der Waals surface area contributed by atoms with Crippen LogP contribution >= 0.6 is 0 Å². The van der Waals surface area contributed by atoms with E-state index in [2.05, 4.69) is 27.8 Å². The summed E-state index contributed by atoms with van der Waals surface area (Å²) in [6, 6.07) is 8.19. The molecule has 0 atom stereocenters. The number of carbonyl (C=O) groups is 2. The van der Waals surface area contributed by atoms with Crippen molar-refractivity contribution < 1.29 is 14.3 Å². The van der Waals surface area contributed by atoms with Crippen LogP contribution in [-0.4, -0.2) is 30.5 Å². The normalized spacial score (nSPS) is 15.7. The van der Waals surface area contributed by atoms with Gasteiger partial charge in [0.25, 0.3) is 5.91 Å². The zero-order chi connectivity index (χ0) is 20.1. The third kappa shape index (κ3) is 4.21. The second-order valence-electron chi connectivity index (χ2n) is 7.64. The fourth-order valence-electron chi connectivity index (χ4n) is 4.19. The van der Waals surface area contributed by atoms with Gasteiger partial charge in [0, 0.05) is 30.8 Å². The number of aromatic amines is 1. The molecule has 3 rings (SSSR count). The van der Waals surface area contributed by atoms with Crippen LogP contribution in [0.3, 0.4) is 0 Å². The lowest BCUT2D eigenvalue weighted by Gasteiger charge is -2.38. The van der Waals surface area contributed by atoms with E-state index in [1.54, 1.807) is 13.3 Å². The van der Waals surface area contributed by atoms with Gasteiger partial charge in [0.05, 0.1) is 18.4 Å². The van der Waals surface area contributed by atoms with E-state index in [1.165, 1.54) is 18.9 Å². The summed E-state index contributed by atoms with van der Waals surface area (Å²) in [5, 5.41) is 5.86. The van der Waals surface area contributed by atoms with Gasteiger partial charge in [-0.15, -0.1) is 0 Å². The Morgan fingerprint density at radius 3 is 2.43 bits per heavy atom. The lowest BCUT2D eigenvalue weighted by molar-refractivity contribution is -0.114. The van der Waals surface area contributed by atoms with Crippen LogP contribution in [0.1, 0.15) is 60.6 Å². The first-order chi connectivity index (χ1) is 13.4. The number of methoxy groups -OCH3 is 1. The summed E-state index contributed by atoms with van der Waals surface area (Å²) in [6.07, 6.45) is 7.29. The number of hydrogen-bond acceptors (Lipinski definition) is 3. The van der Waals surface area contributed by atoms with Crippen LogP contribution in [0.5, 0.6) is 5.75 Å². The molecular formula is C22H29N3O3. The van der Waals surface area contributed by atoms with Gasteiger partial charge in [0.15, 0.2) is 0 Å². The minimum atomic E-state index is -0.199. The summed E-state index contributed by atoms with van der Waals surface area (Å²) in [5.41, 5.74) is 2.92. The van der Waals surface area contributed by atoms with Gasteiger partial charge in [0.2, 0.25) is 5.91 Å². The van der Waals surface area contributed by atoms with E-state index in [1.807, 2.05) is 19.1 Å². The number of hydrogen-bond donors (Lipinski definition) is 3. The van der Waals surface area contributed by atoms with Gasteiger partial charge in [-0.3, -0.25) is 9.59 Å². The molecule has 6 nitrogen and oxygen atoms in total. The average Bonchev–Trinajstić information content (AvgIpc) is 3.06. The van der Waals surface area contributed by atoms with Crippen molar-refractivity contribution in [3.05, 3.63) is 47.3 Å². The highest BCUT2D eigenvalue weighted by Gasteiger charge is 2.34. The number of anilines is 1. The number of carbonyl (C=O) groups excluding carboxylic acids is 2. The summed E-state index contributed by atoms with van der Waals surface area (Å²) in [5.74, 6) is 0.470. The van der Waals surface area contributed by atoms with Gasteiger partial charge >= 0.3 is 0 Å². The zero-order valence-electron chi connectivity index (χ0n) is 16.9. The molecule has 1 aromatic carbocycles. The molecular weight excluding hydrogens is 354 g/mol. The van der Waals surface area contributed by atoms with Crippen LogP contribution in [-0.2, 0) is 10.2 Å². The second kappa shape index (κ2) is 8.50. The molecule has 28 heavy (non-hydrogen) atoms. The van der Waals surface area contributed by atoms with Crippen LogP contribution in [0, 0.1) is 6.92 Å². The molecule has 0 unspecified atom stereocenters. The predicted octanol–water partition coefficient (Wildman–Crippen LogP) is 3.92. The topological polar surface area (TPSA) is 83.2 Å². The highest BCUT2D eigenvalue weighted by Crippen LogP contribution is 2.39. The molecule has 1 aliphatic rings. The van der Waals surface area contributed by atoms with Gasteiger partial charge in [-0.2, -0.15) is 0 Å². The summed E-state index contributed by atoms with van der Waals surface area (Å²) in [4.78, 5) is 27.4. The lowest BCUT2D eigenvalue weighted by Crippen LogP contribution is -2.42. The number of benzene rings is 1. The average molecular weight is 383 g/mol. The van der Waals surface area contributed by atoms with Gasteiger partial charge in [0.1, 0.15) is 5.75 Å². The van der Waals surface area contributed by atoms with Crippen molar-refractivity contribution >= 4 is 17.5 Å². The van der Waals surface area contributed by atoms with Gasteiger partial charge in [-0.1, -0.05) is 31.4 Å². The van der Waals surface area contributed by atoms with E-state index < -0.39 is 0 Å². The predicted molar refractivity (Wildman–Crippen MR) is 110 cm³/mol. The van der Waals surface area contributed by atoms with Gasteiger partial charge in [-0.25, -0.2) is 0 Å². The van der Waals surface area contributed by atoms with Crippen LogP contribution in [0.15, 0.2) is 30.5 Å². The molecule has 2 amide bonds. The first-order valence-electron chi connectivity index (χ1n) is 9.83. The van der Waals surface area contributed by atoms with Crippen LogP contribution in [0.25, 0.3) is 0 Å². The number of H-pyrrole nitrogens is 1. The molecule has 1 aliphatic carbocycles.